The number of hydrogen-bond acceptors (Lipinski definition) is 2. The molecule has 0 saturated heterocycles. The third-order valence-corrected chi connectivity index (χ3v) is 3.90. The molecule has 22 heavy (non-hydrogen) atoms. The summed E-state index contributed by atoms with van der Waals surface area (Å²) in [6.45, 7) is 5.88. The number of ether oxygens (including phenoxy) is 1. The molecule has 0 aliphatic heterocycles. The molecule has 1 atom stereocenters. The van der Waals surface area contributed by atoms with E-state index in [9.17, 15) is 0 Å². The molecular weight excluding hydrogens is 294 g/mol. The summed E-state index contributed by atoms with van der Waals surface area (Å²) < 4.78 is 6.06. The molecule has 0 aromatic heterocycles. The first-order valence-electron chi connectivity index (χ1n) is 7.88. The average molecular weight is 318 g/mol. The van der Waals surface area contributed by atoms with Gasteiger partial charge in [0, 0.05) is 17.3 Å². The van der Waals surface area contributed by atoms with Crippen LogP contribution in [0.2, 0.25) is 5.02 Å². The molecule has 2 nitrogen and oxygen atoms in total. The molecule has 1 unspecified atom stereocenters. The van der Waals surface area contributed by atoms with Crippen LogP contribution in [-0.2, 0) is 11.3 Å². The van der Waals surface area contributed by atoms with Crippen molar-refractivity contribution in [3.05, 3.63) is 65.2 Å². The Morgan fingerprint density at radius 1 is 1.09 bits per heavy atom. The van der Waals surface area contributed by atoms with Gasteiger partial charge >= 0.3 is 0 Å². The number of rotatable bonds is 8. The van der Waals surface area contributed by atoms with Crippen LogP contribution < -0.4 is 4.90 Å². The second-order valence-corrected chi connectivity index (χ2v) is 5.86. The van der Waals surface area contributed by atoms with Gasteiger partial charge in [-0.2, -0.15) is 0 Å². The predicted octanol–water partition coefficient (Wildman–Crippen LogP) is 5.51. The Hall–Kier alpha value is -1.51. The predicted molar refractivity (Wildman–Crippen MR) is 94.4 cm³/mol. The minimum Gasteiger partial charge on any atom is -0.354 e. The van der Waals surface area contributed by atoms with Crippen LogP contribution in [0.5, 0.6) is 0 Å². The van der Waals surface area contributed by atoms with Gasteiger partial charge in [-0.05, 0) is 37.1 Å². The van der Waals surface area contributed by atoms with Crippen molar-refractivity contribution in [1.29, 1.82) is 0 Å². The van der Waals surface area contributed by atoms with Crippen molar-refractivity contribution in [2.45, 2.75) is 39.5 Å². The lowest BCUT2D eigenvalue weighted by Crippen LogP contribution is -2.36. The quantitative estimate of drug-likeness (QED) is 0.595. The Bertz CT molecular complexity index is 558. The number of hydrogen-bond donors (Lipinski definition) is 0. The highest BCUT2D eigenvalue weighted by molar-refractivity contribution is 6.30. The van der Waals surface area contributed by atoms with Crippen LogP contribution >= 0.6 is 11.6 Å². The van der Waals surface area contributed by atoms with Gasteiger partial charge in [-0.15, -0.1) is 0 Å². The van der Waals surface area contributed by atoms with Crippen molar-refractivity contribution in [1.82, 2.24) is 0 Å². The van der Waals surface area contributed by atoms with Crippen molar-refractivity contribution >= 4 is 17.3 Å². The maximum absolute atomic E-state index is 6.13. The fraction of sp³-hybridized carbons (Fsp3) is 0.368. The number of benzene rings is 2. The topological polar surface area (TPSA) is 12.5 Å². The van der Waals surface area contributed by atoms with Gasteiger partial charge in [0.05, 0.1) is 6.61 Å². The Kier molecular flexibility index (Phi) is 6.75. The van der Waals surface area contributed by atoms with Crippen molar-refractivity contribution in [2.75, 3.05) is 11.4 Å². The zero-order chi connectivity index (χ0) is 15.8. The van der Waals surface area contributed by atoms with Gasteiger partial charge in [0.2, 0.25) is 0 Å². The molecule has 0 aliphatic carbocycles. The maximum atomic E-state index is 6.13. The van der Waals surface area contributed by atoms with Crippen LogP contribution in [0.1, 0.15) is 32.3 Å². The molecule has 0 radical (unpaired) electrons. The van der Waals surface area contributed by atoms with E-state index >= 15 is 0 Å². The zero-order valence-electron chi connectivity index (χ0n) is 13.3. The zero-order valence-corrected chi connectivity index (χ0v) is 14.1. The van der Waals surface area contributed by atoms with Gasteiger partial charge < -0.3 is 9.64 Å². The Morgan fingerprint density at radius 3 is 2.55 bits per heavy atom. The van der Waals surface area contributed by atoms with E-state index in [2.05, 4.69) is 36.9 Å². The molecule has 0 amide bonds. The van der Waals surface area contributed by atoms with Gasteiger partial charge in [0.25, 0.3) is 0 Å². The van der Waals surface area contributed by atoms with E-state index in [4.69, 9.17) is 16.3 Å². The molecule has 0 bridgehead atoms. The summed E-state index contributed by atoms with van der Waals surface area (Å²) in [6.07, 6.45) is 2.29. The Balaban J connectivity index is 2.04. The van der Waals surface area contributed by atoms with E-state index in [-0.39, 0.29) is 6.23 Å². The number of halogens is 1. The third-order valence-electron chi connectivity index (χ3n) is 3.67. The lowest BCUT2D eigenvalue weighted by molar-refractivity contribution is 0.0504. The third kappa shape index (κ3) is 5.04. The standard InChI is InChI=1S/C19H24ClNO/c1-3-4-13-21(19-12-8-11-18(20)14-19)16(2)22-15-17-9-6-5-7-10-17/h5-12,14,16H,3-4,13,15H2,1-2H3. The van der Waals surface area contributed by atoms with Gasteiger partial charge in [0.15, 0.2) is 0 Å². The summed E-state index contributed by atoms with van der Waals surface area (Å²) in [5.41, 5.74) is 2.30. The average Bonchev–Trinajstić information content (AvgIpc) is 2.54. The summed E-state index contributed by atoms with van der Waals surface area (Å²) >= 11 is 6.13. The van der Waals surface area contributed by atoms with Crippen LogP contribution in [0.4, 0.5) is 5.69 Å². The number of nitrogens with zero attached hydrogens (tertiary/aromatic N) is 1. The van der Waals surface area contributed by atoms with Gasteiger partial charge in [-0.3, -0.25) is 0 Å². The molecule has 2 aromatic carbocycles. The normalized spacial score (nSPS) is 12.1. The van der Waals surface area contributed by atoms with Gasteiger partial charge in [-0.1, -0.05) is 61.3 Å². The van der Waals surface area contributed by atoms with Crippen LogP contribution in [0.3, 0.4) is 0 Å². The van der Waals surface area contributed by atoms with E-state index in [1.165, 1.54) is 5.56 Å². The van der Waals surface area contributed by atoms with E-state index < -0.39 is 0 Å². The minimum atomic E-state index is 0.00484. The molecule has 0 saturated carbocycles. The molecule has 3 heteroatoms. The van der Waals surface area contributed by atoms with Gasteiger partial charge in [-0.25, -0.2) is 0 Å². The number of anilines is 1. The molecule has 2 aromatic rings. The summed E-state index contributed by atoms with van der Waals surface area (Å²) in [4.78, 5) is 2.28. The molecule has 2 rings (SSSR count). The molecule has 0 N–H and O–H groups in total. The molecule has 0 spiro atoms. The first kappa shape index (κ1) is 16.9. The molecule has 0 aliphatic rings. The van der Waals surface area contributed by atoms with Crippen LogP contribution in [-0.4, -0.2) is 12.8 Å². The van der Waals surface area contributed by atoms with Crippen molar-refractivity contribution in [3.8, 4) is 0 Å². The van der Waals surface area contributed by atoms with Gasteiger partial charge in [0.1, 0.15) is 6.23 Å². The smallest absolute Gasteiger partial charge is 0.127 e. The van der Waals surface area contributed by atoms with E-state index in [0.717, 1.165) is 30.1 Å². The highest BCUT2D eigenvalue weighted by Crippen LogP contribution is 2.23. The van der Waals surface area contributed by atoms with Crippen LogP contribution in [0, 0.1) is 0 Å². The molecule has 0 fully saturated rings. The molecular formula is C19H24ClNO. The van der Waals surface area contributed by atoms with Crippen molar-refractivity contribution in [2.24, 2.45) is 0 Å². The van der Waals surface area contributed by atoms with Crippen molar-refractivity contribution < 1.29 is 4.74 Å². The monoisotopic (exact) mass is 317 g/mol. The second-order valence-electron chi connectivity index (χ2n) is 5.42. The summed E-state index contributed by atoms with van der Waals surface area (Å²) in [5.74, 6) is 0. The Labute approximate surface area is 138 Å². The highest BCUT2D eigenvalue weighted by atomic mass is 35.5. The van der Waals surface area contributed by atoms with E-state index in [0.29, 0.717) is 6.61 Å². The van der Waals surface area contributed by atoms with E-state index in [1.807, 2.05) is 36.4 Å². The summed E-state index contributed by atoms with van der Waals surface area (Å²) in [7, 11) is 0. The lowest BCUT2D eigenvalue weighted by Gasteiger charge is -2.31. The largest absolute Gasteiger partial charge is 0.354 e. The summed E-state index contributed by atoms with van der Waals surface area (Å²) in [6, 6.07) is 18.2. The lowest BCUT2D eigenvalue weighted by atomic mass is 10.2. The first-order chi connectivity index (χ1) is 10.7. The molecule has 0 heterocycles. The fourth-order valence-corrected chi connectivity index (χ4v) is 2.57. The van der Waals surface area contributed by atoms with Crippen LogP contribution in [0.25, 0.3) is 0 Å². The first-order valence-corrected chi connectivity index (χ1v) is 8.26. The fourth-order valence-electron chi connectivity index (χ4n) is 2.39. The second kappa shape index (κ2) is 8.82. The SMILES string of the molecule is CCCCN(c1cccc(Cl)c1)C(C)OCc1ccccc1. The summed E-state index contributed by atoms with van der Waals surface area (Å²) in [5, 5.41) is 0.759. The maximum Gasteiger partial charge on any atom is 0.127 e. The highest BCUT2D eigenvalue weighted by Gasteiger charge is 2.15. The van der Waals surface area contributed by atoms with Crippen LogP contribution in [0.15, 0.2) is 54.6 Å². The van der Waals surface area contributed by atoms with E-state index in [1.54, 1.807) is 0 Å². The minimum absolute atomic E-state index is 0.00484. The van der Waals surface area contributed by atoms with Crippen molar-refractivity contribution in [3.63, 3.8) is 0 Å². The molecule has 118 valence electrons. The number of unbranched alkanes of at least 4 members (excludes halogenated alkanes) is 1. The Morgan fingerprint density at radius 2 is 1.86 bits per heavy atom.